The van der Waals surface area contributed by atoms with Crippen molar-refractivity contribution < 1.29 is 45.8 Å². The molecule has 1 N–H and O–H groups in total. The number of carbonyl (C=O) groups excluding carboxylic acids is 2. The topological polar surface area (TPSA) is 110 Å². The molecule has 1 aromatic carbocycles. The Balaban J connectivity index is 2.88. The fourth-order valence-electron chi connectivity index (χ4n) is 2.58. The first-order valence-electron chi connectivity index (χ1n) is 6.53. The van der Waals surface area contributed by atoms with Crippen LogP contribution in [0.3, 0.4) is 0 Å². The number of hydrogen-bond acceptors (Lipinski definition) is 7. The van der Waals surface area contributed by atoms with Crippen LogP contribution in [-0.4, -0.2) is 51.2 Å². The number of esters is 2. The van der Waals surface area contributed by atoms with Crippen molar-refractivity contribution in [3.8, 4) is 0 Å². The number of alkyl halides is 3. The predicted octanol–water partition coefficient (Wildman–Crippen LogP) is 0.258. The minimum Gasteiger partial charge on any atom is -0.467 e. The van der Waals surface area contributed by atoms with Gasteiger partial charge < -0.3 is 14.6 Å². The molecule has 0 amide bonds. The summed E-state index contributed by atoms with van der Waals surface area (Å²) >= 11 is 0. The van der Waals surface area contributed by atoms with Gasteiger partial charge in [0.15, 0.2) is 6.04 Å². The Morgan fingerprint density at radius 1 is 1.20 bits per heavy atom. The van der Waals surface area contributed by atoms with Crippen molar-refractivity contribution in [1.82, 2.24) is 0 Å². The number of ether oxygens (including phenoxy) is 2. The summed E-state index contributed by atoms with van der Waals surface area (Å²) in [6.07, 6.45) is 0. The molecule has 1 aliphatic rings. The molecule has 8 nitrogen and oxygen atoms in total. The van der Waals surface area contributed by atoms with Crippen LogP contribution in [0.2, 0.25) is 0 Å². The van der Waals surface area contributed by atoms with Gasteiger partial charge in [-0.3, -0.25) is 0 Å². The number of aliphatic hydroxyl groups is 1. The second-order valence-corrected chi connectivity index (χ2v) is 6.75. The third-order valence-corrected chi connectivity index (χ3v) is 5.17. The Morgan fingerprint density at radius 2 is 1.76 bits per heavy atom. The van der Waals surface area contributed by atoms with E-state index in [1.807, 2.05) is 0 Å². The Kier molecular flexibility index (Phi) is 4.46. The van der Waals surface area contributed by atoms with Crippen LogP contribution >= 0.6 is 0 Å². The number of sulfonamides is 1. The summed E-state index contributed by atoms with van der Waals surface area (Å²) in [5, 5.41) is 10.7. The van der Waals surface area contributed by atoms with Gasteiger partial charge in [0.1, 0.15) is 0 Å². The molecule has 1 aliphatic heterocycles. The molecule has 0 fully saturated rings. The van der Waals surface area contributed by atoms with E-state index in [-0.39, 0.29) is 4.31 Å². The van der Waals surface area contributed by atoms with Crippen molar-refractivity contribution >= 4 is 27.6 Å². The number of methoxy groups -OCH3 is 2. The lowest BCUT2D eigenvalue weighted by Gasteiger charge is -2.31. The van der Waals surface area contributed by atoms with E-state index >= 15 is 0 Å². The monoisotopic (exact) mass is 383 g/mol. The molecule has 0 saturated carbocycles. The molecule has 0 saturated heterocycles. The molecule has 2 rings (SSSR count). The number of carbonyl (C=O) groups is 2. The summed E-state index contributed by atoms with van der Waals surface area (Å²) in [4.78, 5) is 24.1. The van der Waals surface area contributed by atoms with E-state index in [0.717, 1.165) is 26.4 Å². The average molecular weight is 383 g/mol. The number of anilines is 1. The van der Waals surface area contributed by atoms with Gasteiger partial charge in [-0.1, -0.05) is 18.2 Å². The minimum absolute atomic E-state index is 0.370. The van der Waals surface area contributed by atoms with E-state index < -0.39 is 50.4 Å². The Hall–Kier alpha value is -2.34. The fraction of sp³-hybridized carbons (Fsp3) is 0.385. The summed E-state index contributed by atoms with van der Waals surface area (Å²) in [5.74, 6) is -3.09. The molecular formula is C13H12F3NO7S. The van der Waals surface area contributed by atoms with Crippen LogP contribution in [0.25, 0.3) is 0 Å². The van der Waals surface area contributed by atoms with Crippen LogP contribution in [0, 0.1) is 0 Å². The molecule has 1 aromatic rings. The minimum atomic E-state index is -6.14. The molecular weight excluding hydrogens is 371 g/mol. The number of rotatable bonds is 3. The predicted molar refractivity (Wildman–Crippen MR) is 75.6 cm³/mol. The molecule has 0 aromatic heterocycles. The first-order valence-corrected chi connectivity index (χ1v) is 7.97. The molecule has 0 radical (unpaired) electrons. The fourth-order valence-corrected chi connectivity index (χ4v) is 3.74. The van der Waals surface area contributed by atoms with Crippen LogP contribution in [0.15, 0.2) is 24.3 Å². The van der Waals surface area contributed by atoms with E-state index in [4.69, 9.17) is 0 Å². The van der Waals surface area contributed by atoms with E-state index in [2.05, 4.69) is 9.47 Å². The van der Waals surface area contributed by atoms with E-state index in [1.165, 1.54) is 12.1 Å². The lowest BCUT2D eigenvalue weighted by Crippen LogP contribution is -2.58. The molecule has 0 unspecified atom stereocenters. The van der Waals surface area contributed by atoms with Crippen molar-refractivity contribution in [1.29, 1.82) is 0 Å². The van der Waals surface area contributed by atoms with Gasteiger partial charge in [0.05, 0.1) is 19.9 Å². The number of hydrogen-bond donors (Lipinski definition) is 1. The highest BCUT2D eigenvalue weighted by Crippen LogP contribution is 2.48. The van der Waals surface area contributed by atoms with E-state index in [1.54, 1.807) is 0 Å². The third kappa shape index (κ3) is 2.52. The van der Waals surface area contributed by atoms with E-state index in [0.29, 0.717) is 0 Å². The molecule has 1 heterocycles. The summed E-state index contributed by atoms with van der Waals surface area (Å²) in [6.45, 7) is 0. The second-order valence-electron chi connectivity index (χ2n) is 4.95. The maximum atomic E-state index is 13.1. The lowest BCUT2D eigenvalue weighted by atomic mass is 9.89. The molecule has 138 valence electrons. The zero-order chi connectivity index (χ0) is 19.2. The highest BCUT2D eigenvalue weighted by Gasteiger charge is 2.67. The van der Waals surface area contributed by atoms with E-state index in [9.17, 15) is 36.3 Å². The van der Waals surface area contributed by atoms with Crippen molar-refractivity contribution in [2.45, 2.75) is 17.2 Å². The van der Waals surface area contributed by atoms with Crippen LogP contribution in [0.1, 0.15) is 5.56 Å². The first-order chi connectivity index (χ1) is 11.4. The van der Waals surface area contributed by atoms with Gasteiger partial charge in [-0.15, -0.1) is 0 Å². The Labute approximate surface area is 139 Å². The number of benzene rings is 1. The van der Waals surface area contributed by atoms with Crippen molar-refractivity contribution in [3.05, 3.63) is 29.8 Å². The highest BCUT2D eigenvalue weighted by atomic mass is 32.2. The first kappa shape index (κ1) is 19.0. The lowest BCUT2D eigenvalue weighted by molar-refractivity contribution is -0.171. The number of nitrogens with zero attached hydrogens (tertiary/aromatic N) is 1. The number of fused-ring (bicyclic) bond motifs is 1. The van der Waals surface area contributed by atoms with Crippen molar-refractivity contribution in [2.24, 2.45) is 0 Å². The van der Waals surface area contributed by atoms with Crippen molar-refractivity contribution in [2.75, 3.05) is 18.5 Å². The number of para-hydroxylation sites is 1. The average Bonchev–Trinajstić information content (AvgIpc) is 2.83. The van der Waals surface area contributed by atoms with Gasteiger partial charge in [-0.2, -0.15) is 21.6 Å². The SMILES string of the molecule is COC(=O)[C@H]1N(S(=O)(=O)C(F)(F)F)c2ccccc2[C@]1(O)C(=O)OC. The normalized spacial score (nSPS) is 23.1. The van der Waals surface area contributed by atoms with Gasteiger partial charge in [0.2, 0.25) is 5.60 Å². The van der Waals surface area contributed by atoms with Crippen LogP contribution in [-0.2, 0) is 34.7 Å². The molecule has 2 atom stereocenters. The highest BCUT2D eigenvalue weighted by molar-refractivity contribution is 7.93. The van der Waals surface area contributed by atoms with Crippen LogP contribution in [0.4, 0.5) is 18.9 Å². The summed E-state index contributed by atoms with van der Waals surface area (Å²) in [5.41, 5.74) is -10.0. The zero-order valence-electron chi connectivity index (χ0n) is 12.8. The summed E-state index contributed by atoms with van der Waals surface area (Å²) in [6, 6.07) is 1.79. The maximum absolute atomic E-state index is 13.1. The second kappa shape index (κ2) is 5.88. The smallest absolute Gasteiger partial charge is 0.467 e. The summed E-state index contributed by atoms with van der Waals surface area (Å²) in [7, 11) is -4.56. The summed E-state index contributed by atoms with van der Waals surface area (Å²) < 4.78 is 71.5. The van der Waals surface area contributed by atoms with Crippen LogP contribution < -0.4 is 4.31 Å². The molecule has 0 aliphatic carbocycles. The van der Waals surface area contributed by atoms with Gasteiger partial charge >= 0.3 is 27.5 Å². The third-order valence-electron chi connectivity index (χ3n) is 3.65. The zero-order valence-corrected chi connectivity index (χ0v) is 13.6. The molecule has 0 spiro atoms. The number of halogens is 3. The van der Waals surface area contributed by atoms with Gasteiger partial charge in [-0.25, -0.2) is 13.9 Å². The molecule has 12 heteroatoms. The van der Waals surface area contributed by atoms with Gasteiger partial charge in [0, 0.05) is 5.56 Å². The van der Waals surface area contributed by atoms with Gasteiger partial charge in [0.25, 0.3) is 0 Å². The quantitative estimate of drug-likeness (QED) is 0.746. The Morgan fingerprint density at radius 3 is 2.24 bits per heavy atom. The maximum Gasteiger partial charge on any atom is 0.516 e. The van der Waals surface area contributed by atoms with Crippen molar-refractivity contribution in [3.63, 3.8) is 0 Å². The van der Waals surface area contributed by atoms with Gasteiger partial charge in [-0.05, 0) is 6.07 Å². The van der Waals surface area contributed by atoms with Crippen LogP contribution in [0.5, 0.6) is 0 Å². The Bertz CT molecular complexity index is 823. The standard InChI is InChI=1S/C13H12F3NO7S/c1-23-10(18)9-12(20,11(19)24-2)7-5-3-4-6-8(7)17(9)25(21,22)13(14,15)16/h3-6,9,20H,1-2H3/t9-,12-/m1/s1. The molecule has 0 bridgehead atoms. The largest absolute Gasteiger partial charge is 0.516 e. The molecule has 25 heavy (non-hydrogen) atoms.